The maximum atomic E-state index is 5.63. The van der Waals surface area contributed by atoms with Crippen molar-refractivity contribution in [3.8, 4) is 11.5 Å². The van der Waals surface area contributed by atoms with Crippen molar-refractivity contribution in [2.45, 2.75) is 26.2 Å². The van der Waals surface area contributed by atoms with Crippen LogP contribution in [0.15, 0.2) is 28.6 Å². The SMILES string of the molecule is CCOc1cc(NC(=NC)NCCc2csc(N3CCCC3)n2)ccc1OC.I. The number of hydrogen-bond donors (Lipinski definition) is 2. The number of anilines is 2. The second-order valence-electron chi connectivity index (χ2n) is 6.49. The highest BCUT2D eigenvalue weighted by molar-refractivity contribution is 14.0. The molecule has 1 aliphatic heterocycles. The molecule has 0 amide bonds. The largest absolute Gasteiger partial charge is 0.493 e. The van der Waals surface area contributed by atoms with Crippen LogP contribution in [-0.4, -0.2) is 51.3 Å². The Hall–Kier alpha value is -1.75. The Balaban J connectivity index is 0.00000300. The maximum absolute atomic E-state index is 5.63. The van der Waals surface area contributed by atoms with Gasteiger partial charge in [-0.15, -0.1) is 35.3 Å². The number of nitrogens with one attached hydrogen (secondary N) is 2. The van der Waals surface area contributed by atoms with Gasteiger partial charge in [-0.1, -0.05) is 0 Å². The van der Waals surface area contributed by atoms with Gasteiger partial charge in [0.25, 0.3) is 0 Å². The molecule has 2 aromatic rings. The first-order chi connectivity index (χ1) is 13.7. The highest BCUT2D eigenvalue weighted by atomic mass is 127. The highest BCUT2D eigenvalue weighted by Gasteiger charge is 2.15. The fourth-order valence-electron chi connectivity index (χ4n) is 3.11. The number of aliphatic imine (C=N–C) groups is 1. The number of nitrogens with zero attached hydrogens (tertiary/aromatic N) is 3. The first-order valence-corrected chi connectivity index (χ1v) is 10.6. The van der Waals surface area contributed by atoms with Gasteiger partial charge in [-0.3, -0.25) is 4.99 Å². The quantitative estimate of drug-likeness (QED) is 0.305. The van der Waals surface area contributed by atoms with Gasteiger partial charge in [0, 0.05) is 50.2 Å². The Kier molecular flexibility index (Phi) is 9.79. The predicted molar refractivity (Wildman–Crippen MR) is 132 cm³/mol. The minimum atomic E-state index is 0. The second kappa shape index (κ2) is 12.1. The van der Waals surface area contributed by atoms with E-state index in [2.05, 4.69) is 25.9 Å². The van der Waals surface area contributed by atoms with Gasteiger partial charge in [-0.2, -0.15) is 0 Å². The number of rotatable bonds is 8. The molecule has 0 radical (unpaired) electrons. The van der Waals surface area contributed by atoms with E-state index in [1.807, 2.05) is 25.1 Å². The normalized spacial score (nSPS) is 13.8. The van der Waals surface area contributed by atoms with Crippen LogP contribution in [0.3, 0.4) is 0 Å². The second-order valence-corrected chi connectivity index (χ2v) is 7.32. The molecule has 0 atom stereocenters. The average Bonchev–Trinajstić information content (AvgIpc) is 3.39. The summed E-state index contributed by atoms with van der Waals surface area (Å²) in [5.41, 5.74) is 2.01. The Bertz CT molecular complexity index is 793. The number of benzene rings is 1. The van der Waals surface area contributed by atoms with Crippen molar-refractivity contribution in [1.29, 1.82) is 0 Å². The lowest BCUT2D eigenvalue weighted by molar-refractivity contribution is 0.311. The molecule has 160 valence electrons. The molecule has 2 N–H and O–H groups in total. The van der Waals surface area contributed by atoms with Crippen molar-refractivity contribution < 1.29 is 9.47 Å². The van der Waals surface area contributed by atoms with E-state index in [-0.39, 0.29) is 24.0 Å². The maximum Gasteiger partial charge on any atom is 0.195 e. The fourth-order valence-corrected chi connectivity index (χ4v) is 4.03. The summed E-state index contributed by atoms with van der Waals surface area (Å²) in [6.45, 7) is 5.56. The number of methoxy groups -OCH3 is 1. The molecule has 1 aliphatic rings. The Labute approximate surface area is 193 Å². The van der Waals surface area contributed by atoms with Gasteiger partial charge in [0.15, 0.2) is 22.6 Å². The Morgan fingerprint density at radius 3 is 2.76 bits per heavy atom. The molecule has 1 saturated heterocycles. The van der Waals surface area contributed by atoms with Crippen molar-refractivity contribution in [3.63, 3.8) is 0 Å². The Morgan fingerprint density at radius 1 is 1.28 bits per heavy atom. The molecule has 2 heterocycles. The van der Waals surface area contributed by atoms with E-state index in [9.17, 15) is 0 Å². The van der Waals surface area contributed by atoms with Crippen molar-refractivity contribution in [2.24, 2.45) is 4.99 Å². The number of halogens is 1. The lowest BCUT2D eigenvalue weighted by Gasteiger charge is -2.14. The van der Waals surface area contributed by atoms with E-state index >= 15 is 0 Å². The average molecular weight is 531 g/mol. The topological polar surface area (TPSA) is 71.0 Å². The number of guanidine groups is 1. The van der Waals surface area contributed by atoms with Crippen LogP contribution in [0.2, 0.25) is 0 Å². The number of aromatic nitrogens is 1. The van der Waals surface area contributed by atoms with Crippen LogP contribution in [0.4, 0.5) is 10.8 Å². The molecule has 0 saturated carbocycles. The summed E-state index contributed by atoms with van der Waals surface area (Å²) in [6, 6.07) is 5.74. The van der Waals surface area contributed by atoms with Crippen LogP contribution in [0.25, 0.3) is 0 Å². The van der Waals surface area contributed by atoms with Gasteiger partial charge >= 0.3 is 0 Å². The lowest BCUT2D eigenvalue weighted by atomic mass is 10.2. The number of ether oxygens (including phenoxy) is 2. The summed E-state index contributed by atoms with van der Waals surface area (Å²) in [5.74, 6) is 2.14. The standard InChI is InChI=1S/C20H29N5O2S.HI/c1-4-27-18-13-15(7-8-17(18)26-3)23-19(21-2)22-10-9-16-14-28-20(24-16)25-11-5-6-12-25;/h7-8,13-14H,4-6,9-12H2,1-3H3,(H2,21,22,23);1H. The molecule has 0 spiro atoms. The van der Waals surface area contributed by atoms with E-state index in [0.29, 0.717) is 24.1 Å². The third kappa shape index (κ3) is 6.63. The minimum absolute atomic E-state index is 0. The summed E-state index contributed by atoms with van der Waals surface area (Å²) in [7, 11) is 3.40. The fraction of sp³-hybridized carbons (Fsp3) is 0.500. The van der Waals surface area contributed by atoms with E-state index in [4.69, 9.17) is 14.5 Å². The zero-order chi connectivity index (χ0) is 19.8. The number of thiazole rings is 1. The van der Waals surface area contributed by atoms with E-state index < -0.39 is 0 Å². The summed E-state index contributed by atoms with van der Waals surface area (Å²) < 4.78 is 11.0. The van der Waals surface area contributed by atoms with Crippen molar-refractivity contribution >= 4 is 52.1 Å². The molecule has 0 bridgehead atoms. The molecule has 1 fully saturated rings. The summed E-state index contributed by atoms with van der Waals surface area (Å²) in [6.07, 6.45) is 3.40. The zero-order valence-electron chi connectivity index (χ0n) is 17.2. The molecule has 1 aromatic carbocycles. The third-order valence-electron chi connectivity index (χ3n) is 4.54. The van der Waals surface area contributed by atoms with Gasteiger partial charge in [-0.05, 0) is 31.9 Å². The van der Waals surface area contributed by atoms with Gasteiger partial charge in [0.1, 0.15) is 0 Å². The van der Waals surface area contributed by atoms with Gasteiger partial charge in [0.05, 0.1) is 19.4 Å². The number of hydrogen-bond acceptors (Lipinski definition) is 6. The van der Waals surface area contributed by atoms with Crippen LogP contribution in [0, 0.1) is 0 Å². The molecule has 0 aliphatic carbocycles. The van der Waals surface area contributed by atoms with Crippen molar-refractivity contribution in [2.75, 3.05) is 50.6 Å². The highest BCUT2D eigenvalue weighted by Crippen LogP contribution is 2.30. The van der Waals surface area contributed by atoms with Crippen LogP contribution < -0.4 is 25.0 Å². The van der Waals surface area contributed by atoms with E-state index in [1.165, 1.54) is 12.8 Å². The molecular formula is C20H30IN5O2S. The van der Waals surface area contributed by atoms with Gasteiger partial charge in [-0.25, -0.2) is 4.98 Å². The van der Waals surface area contributed by atoms with Crippen LogP contribution >= 0.6 is 35.3 Å². The molecule has 1 aromatic heterocycles. The summed E-state index contributed by atoms with van der Waals surface area (Å²) in [5, 5.41) is 9.94. The molecule has 9 heteroatoms. The molecule has 3 rings (SSSR count). The first-order valence-electron chi connectivity index (χ1n) is 9.71. The van der Waals surface area contributed by atoms with Crippen LogP contribution in [0.1, 0.15) is 25.5 Å². The van der Waals surface area contributed by atoms with Crippen molar-refractivity contribution in [1.82, 2.24) is 10.3 Å². The molecule has 29 heavy (non-hydrogen) atoms. The first kappa shape index (κ1) is 23.5. The van der Waals surface area contributed by atoms with Gasteiger partial charge in [0.2, 0.25) is 0 Å². The molecular weight excluding hydrogens is 501 g/mol. The lowest BCUT2D eigenvalue weighted by Crippen LogP contribution is -2.32. The van der Waals surface area contributed by atoms with Crippen LogP contribution in [0.5, 0.6) is 11.5 Å². The third-order valence-corrected chi connectivity index (χ3v) is 5.49. The summed E-state index contributed by atoms with van der Waals surface area (Å²) >= 11 is 1.74. The Morgan fingerprint density at radius 2 is 2.07 bits per heavy atom. The van der Waals surface area contributed by atoms with Crippen molar-refractivity contribution in [3.05, 3.63) is 29.3 Å². The van der Waals surface area contributed by atoms with Crippen LogP contribution in [-0.2, 0) is 6.42 Å². The van der Waals surface area contributed by atoms with E-state index in [1.54, 1.807) is 25.5 Å². The smallest absolute Gasteiger partial charge is 0.195 e. The molecule has 0 unspecified atom stereocenters. The van der Waals surface area contributed by atoms with Gasteiger partial charge < -0.3 is 25.0 Å². The zero-order valence-corrected chi connectivity index (χ0v) is 20.4. The minimum Gasteiger partial charge on any atom is -0.493 e. The predicted octanol–water partition coefficient (Wildman–Crippen LogP) is 4.00. The monoisotopic (exact) mass is 531 g/mol. The summed E-state index contributed by atoms with van der Waals surface area (Å²) in [4.78, 5) is 11.4. The molecule has 7 nitrogen and oxygen atoms in total. The van der Waals surface area contributed by atoms with E-state index in [0.717, 1.165) is 42.6 Å².